The Labute approximate surface area is 127 Å². The van der Waals surface area contributed by atoms with E-state index in [2.05, 4.69) is 32.6 Å². The van der Waals surface area contributed by atoms with Crippen molar-refractivity contribution in [3.8, 4) is 0 Å². The van der Waals surface area contributed by atoms with Crippen molar-refractivity contribution in [3.63, 3.8) is 0 Å². The summed E-state index contributed by atoms with van der Waals surface area (Å²) in [5, 5.41) is 0. The van der Waals surface area contributed by atoms with E-state index >= 15 is 0 Å². The van der Waals surface area contributed by atoms with Crippen LogP contribution in [0.2, 0.25) is 0 Å². The minimum absolute atomic E-state index is 0.0110. The van der Waals surface area contributed by atoms with Crippen LogP contribution in [-0.2, 0) is 4.74 Å². The number of nitrogens with zero attached hydrogens (tertiary/aromatic N) is 1. The van der Waals surface area contributed by atoms with Crippen molar-refractivity contribution in [1.29, 1.82) is 0 Å². The maximum Gasteiger partial charge on any atom is 0.123 e. The second-order valence-corrected chi connectivity index (χ2v) is 7.39. The van der Waals surface area contributed by atoms with Crippen LogP contribution in [0.4, 0.5) is 4.39 Å². The Balaban J connectivity index is 2.34. The molecular formula is C17H27FN2O. The van der Waals surface area contributed by atoms with Gasteiger partial charge in [0.15, 0.2) is 0 Å². The van der Waals surface area contributed by atoms with Crippen LogP contribution in [0.15, 0.2) is 24.3 Å². The Bertz CT molecular complexity index is 483. The molecule has 1 fully saturated rings. The van der Waals surface area contributed by atoms with E-state index in [0.717, 1.165) is 18.7 Å². The molecule has 0 bridgehead atoms. The van der Waals surface area contributed by atoms with Crippen molar-refractivity contribution in [2.75, 3.05) is 13.1 Å². The lowest BCUT2D eigenvalue weighted by Crippen LogP contribution is -2.59. The monoisotopic (exact) mass is 294 g/mol. The summed E-state index contributed by atoms with van der Waals surface area (Å²) < 4.78 is 19.7. The van der Waals surface area contributed by atoms with E-state index in [9.17, 15) is 4.39 Å². The smallest absolute Gasteiger partial charge is 0.123 e. The quantitative estimate of drug-likeness (QED) is 0.931. The molecule has 118 valence electrons. The average molecular weight is 294 g/mol. The lowest BCUT2D eigenvalue weighted by atomic mass is 9.92. The fraction of sp³-hybridized carbons (Fsp3) is 0.647. The second kappa shape index (κ2) is 5.67. The molecule has 0 radical (unpaired) electrons. The lowest BCUT2D eigenvalue weighted by molar-refractivity contribution is -0.189. The van der Waals surface area contributed by atoms with Crippen LogP contribution in [-0.4, -0.2) is 35.2 Å². The van der Waals surface area contributed by atoms with E-state index in [-0.39, 0.29) is 29.1 Å². The van der Waals surface area contributed by atoms with E-state index in [1.165, 1.54) is 6.07 Å². The van der Waals surface area contributed by atoms with Crippen LogP contribution >= 0.6 is 0 Å². The zero-order chi connectivity index (χ0) is 15.8. The number of halogens is 1. The Morgan fingerprint density at radius 3 is 2.24 bits per heavy atom. The number of nitrogens with two attached hydrogens (primary N) is 1. The number of hydrogen-bond acceptors (Lipinski definition) is 3. The Morgan fingerprint density at radius 2 is 1.76 bits per heavy atom. The van der Waals surface area contributed by atoms with Crippen LogP contribution in [0.25, 0.3) is 0 Å². The standard InChI is InChI=1S/C17H27FN2O/c1-12(19)15(13-7-6-8-14(18)9-13)20-10-16(2,3)21-17(4,5)11-20/h6-9,12,15H,10-11,19H2,1-5H3. The summed E-state index contributed by atoms with van der Waals surface area (Å²) >= 11 is 0. The maximum absolute atomic E-state index is 13.6. The van der Waals surface area contributed by atoms with E-state index in [4.69, 9.17) is 10.5 Å². The summed E-state index contributed by atoms with van der Waals surface area (Å²) in [7, 11) is 0. The third kappa shape index (κ3) is 4.02. The highest BCUT2D eigenvalue weighted by atomic mass is 19.1. The van der Waals surface area contributed by atoms with Gasteiger partial charge >= 0.3 is 0 Å². The predicted octanol–water partition coefficient (Wildman–Crippen LogP) is 3.10. The fourth-order valence-electron chi connectivity index (χ4n) is 3.58. The number of ether oxygens (including phenoxy) is 1. The first-order valence-electron chi connectivity index (χ1n) is 7.55. The second-order valence-electron chi connectivity index (χ2n) is 7.39. The van der Waals surface area contributed by atoms with Crippen LogP contribution in [0, 0.1) is 5.82 Å². The molecule has 4 heteroatoms. The van der Waals surface area contributed by atoms with Gasteiger partial charge in [-0.25, -0.2) is 4.39 Å². The number of hydrogen-bond donors (Lipinski definition) is 1. The van der Waals surface area contributed by atoms with Crippen molar-refractivity contribution in [1.82, 2.24) is 4.90 Å². The first kappa shape index (κ1) is 16.4. The van der Waals surface area contributed by atoms with Gasteiger partial charge in [-0.2, -0.15) is 0 Å². The van der Waals surface area contributed by atoms with E-state index in [1.807, 2.05) is 13.0 Å². The molecule has 1 heterocycles. The summed E-state index contributed by atoms with van der Waals surface area (Å²) in [4.78, 5) is 2.32. The number of morpholine rings is 1. The molecule has 21 heavy (non-hydrogen) atoms. The number of benzene rings is 1. The molecule has 0 aromatic heterocycles. The molecule has 2 unspecified atom stereocenters. The maximum atomic E-state index is 13.6. The van der Waals surface area contributed by atoms with Gasteiger partial charge in [0.25, 0.3) is 0 Å². The van der Waals surface area contributed by atoms with Crippen molar-refractivity contribution < 1.29 is 9.13 Å². The summed E-state index contributed by atoms with van der Waals surface area (Å²) in [6, 6.07) is 6.65. The first-order chi connectivity index (χ1) is 9.60. The molecule has 0 saturated carbocycles. The summed E-state index contributed by atoms with van der Waals surface area (Å²) in [5.74, 6) is -0.218. The zero-order valence-electron chi connectivity index (χ0n) is 13.7. The molecule has 0 amide bonds. The number of rotatable bonds is 3. The van der Waals surface area contributed by atoms with E-state index in [0.29, 0.717) is 0 Å². The molecule has 2 N–H and O–H groups in total. The minimum atomic E-state index is -0.248. The molecule has 1 aliphatic heterocycles. The van der Waals surface area contributed by atoms with Crippen LogP contribution in [0.3, 0.4) is 0 Å². The molecule has 2 rings (SSSR count). The van der Waals surface area contributed by atoms with Crippen molar-refractivity contribution in [2.24, 2.45) is 5.73 Å². The van der Waals surface area contributed by atoms with Crippen LogP contribution < -0.4 is 5.73 Å². The molecule has 2 atom stereocenters. The molecular weight excluding hydrogens is 267 g/mol. The van der Waals surface area contributed by atoms with Crippen LogP contribution in [0.1, 0.15) is 46.2 Å². The van der Waals surface area contributed by atoms with Crippen molar-refractivity contribution in [3.05, 3.63) is 35.6 Å². The Hall–Kier alpha value is -0.970. The summed E-state index contributed by atoms with van der Waals surface area (Å²) in [5.41, 5.74) is 6.66. The highest BCUT2D eigenvalue weighted by molar-refractivity contribution is 5.22. The Kier molecular flexibility index (Phi) is 4.43. The zero-order valence-corrected chi connectivity index (χ0v) is 13.7. The van der Waals surface area contributed by atoms with Gasteiger partial charge in [-0.1, -0.05) is 12.1 Å². The van der Waals surface area contributed by atoms with Gasteiger partial charge in [-0.15, -0.1) is 0 Å². The SMILES string of the molecule is CC(N)C(c1cccc(F)c1)N1CC(C)(C)OC(C)(C)C1. The fourth-order valence-corrected chi connectivity index (χ4v) is 3.58. The highest BCUT2D eigenvalue weighted by Gasteiger charge is 2.41. The van der Waals surface area contributed by atoms with E-state index < -0.39 is 0 Å². The van der Waals surface area contributed by atoms with E-state index in [1.54, 1.807) is 12.1 Å². The van der Waals surface area contributed by atoms with Crippen molar-refractivity contribution >= 4 is 0 Å². The van der Waals surface area contributed by atoms with Gasteiger partial charge in [-0.05, 0) is 52.3 Å². The van der Waals surface area contributed by atoms with Gasteiger partial charge in [0.1, 0.15) is 5.82 Å². The van der Waals surface area contributed by atoms with Gasteiger partial charge in [0.05, 0.1) is 11.2 Å². The molecule has 1 saturated heterocycles. The Morgan fingerprint density at radius 1 is 1.19 bits per heavy atom. The predicted molar refractivity (Wildman–Crippen MR) is 83.6 cm³/mol. The molecule has 1 aromatic carbocycles. The molecule has 3 nitrogen and oxygen atoms in total. The van der Waals surface area contributed by atoms with Crippen LogP contribution in [0.5, 0.6) is 0 Å². The minimum Gasteiger partial charge on any atom is -0.367 e. The van der Waals surface area contributed by atoms with Gasteiger partial charge in [-0.3, -0.25) is 4.90 Å². The topological polar surface area (TPSA) is 38.5 Å². The van der Waals surface area contributed by atoms with Gasteiger partial charge < -0.3 is 10.5 Å². The molecule has 0 aliphatic carbocycles. The first-order valence-corrected chi connectivity index (χ1v) is 7.55. The average Bonchev–Trinajstić information content (AvgIpc) is 2.23. The summed E-state index contributed by atoms with van der Waals surface area (Å²) in [6.07, 6.45) is 0. The third-order valence-electron chi connectivity index (χ3n) is 3.80. The largest absolute Gasteiger partial charge is 0.367 e. The lowest BCUT2D eigenvalue weighted by Gasteiger charge is -2.50. The van der Waals surface area contributed by atoms with Gasteiger partial charge in [0.2, 0.25) is 0 Å². The third-order valence-corrected chi connectivity index (χ3v) is 3.80. The van der Waals surface area contributed by atoms with Gasteiger partial charge in [0, 0.05) is 25.2 Å². The molecule has 0 spiro atoms. The normalized spacial score (nSPS) is 24.5. The summed E-state index contributed by atoms with van der Waals surface area (Å²) in [6.45, 7) is 11.9. The molecule has 1 aliphatic rings. The molecule has 1 aromatic rings. The van der Waals surface area contributed by atoms with Crippen molar-refractivity contribution in [2.45, 2.75) is 57.9 Å². The highest BCUT2D eigenvalue weighted by Crippen LogP contribution is 2.34.